The first-order valence-electron chi connectivity index (χ1n) is 17.2. The van der Waals surface area contributed by atoms with E-state index in [1.807, 2.05) is 44.2 Å². The highest BCUT2D eigenvalue weighted by Gasteiger charge is 2.31. The number of rotatable bonds is 8. The van der Waals surface area contributed by atoms with Crippen LogP contribution in [0, 0.1) is 5.92 Å². The summed E-state index contributed by atoms with van der Waals surface area (Å²) in [6.45, 7) is 6.58. The van der Waals surface area contributed by atoms with Crippen molar-refractivity contribution in [2.24, 2.45) is 5.92 Å². The van der Waals surface area contributed by atoms with Gasteiger partial charge in [0.05, 0.1) is 36.8 Å². The molecule has 0 bridgehead atoms. The van der Waals surface area contributed by atoms with E-state index in [1.165, 1.54) is 0 Å². The molecule has 0 aromatic heterocycles. The van der Waals surface area contributed by atoms with Crippen molar-refractivity contribution in [2.75, 3.05) is 50.8 Å². The molecular weight excluding hydrogens is 640 g/mol. The van der Waals surface area contributed by atoms with Crippen molar-refractivity contribution in [2.45, 2.75) is 64.7 Å². The van der Waals surface area contributed by atoms with Gasteiger partial charge in [0.1, 0.15) is 5.75 Å². The average molecular weight is 689 g/mol. The van der Waals surface area contributed by atoms with Gasteiger partial charge in [-0.2, -0.15) is 0 Å². The first-order chi connectivity index (χ1) is 24.1. The second-order valence-electron chi connectivity index (χ2n) is 13.1. The van der Waals surface area contributed by atoms with Crippen LogP contribution in [0.5, 0.6) is 17.2 Å². The number of fused-ring (bicyclic) bond motifs is 2. The summed E-state index contributed by atoms with van der Waals surface area (Å²) in [4.78, 5) is 43.7. The molecule has 4 amide bonds. The van der Waals surface area contributed by atoms with Crippen LogP contribution in [0.25, 0.3) is 0 Å². The Bertz CT molecular complexity index is 1620. The number of benzene rings is 3. The first-order valence-corrected chi connectivity index (χ1v) is 17.2. The molecule has 0 saturated carbocycles. The maximum absolute atomic E-state index is 14.4. The minimum absolute atomic E-state index is 0.141. The molecule has 12 heteroatoms. The number of urea groups is 1. The number of nitrogens with zero attached hydrogens (tertiary/aromatic N) is 2. The molecule has 3 aromatic rings. The Morgan fingerprint density at radius 3 is 2.44 bits per heavy atom. The molecule has 5 rings (SSSR count). The molecule has 0 fully saturated rings. The van der Waals surface area contributed by atoms with E-state index in [0.29, 0.717) is 35.2 Å². The number of anilines is 2. The van der Waals surface area contributed by atoms with Gasteiger partial charge in [-0.05, 0) is 69.0 Å². The summed E-state index contributed by atoms with van der Waals surface area (Å²) in [6.07, 6.45) is 1.96. The fourth-order valence-corrected chi connectivity index (χ4v) is 6.00. The molecule has 268 valence electrons. The Hall–Kier alpha value is -4.81. The van der Waals surface area contributed by atoms with E-state index in [4.69, 9.17) is 18.9 Å². The van der Waals surface area contributed by atoms with Crippen LogP contribution in [0.4, 0.5) is 16.2 Å². The molecule has 12 nitrogen and oxygen atoms in total. The van der Waals surface area contributed by atoms with Crippen molar-refractivity contribution in [3.63, 3.8) is 0 Å². The van der Waals surface area contributed by atoms with Crippen LogP contribution in [-0.4, -0.2) is 91.1 Å². The third kappa shape index (κ3) is 9.66. The number of amides is 4. The topological polar surface area (TPSA) is 139 Å². The third-order valence-electron chi connectivity index (χ3n) is 8.97. The highest BCUT2D eigenvalue weighted by atomic mass is 16.7. The van der Waals surface area contributed by atoms with Crippen LogP contribution in [0.1, 0.15) is 56.0 Å². The highest BCUT2D eigenvalue weighted by Crippen LogP contribution is 2.34. The lowest BCUT2D eigenvalue weighted by Crippen LogP contribution is -2.48. The van der Waals surface area contributed by atoms with Crippen molar-refractivity contribution in [1.29, 1.82) is 0 Å². The van der Waals surface area contributed by atoms with E-state index in [9.17, 15) is 19.5 Å². The molecule has 4 atom stereocenters. The summed E-state index contributed by atoms with van der Waals surface area (Å²) in [5.74, 6) is 0.829. The van der Waals surface area contributed by atoms with Crippen LogP contribution in [0.15, 0.2) is 66.7 Å². The van der Waals surface area contributed by atoms with E-state index < -0.39 is 12.1 Å². The Labute approximate surface area is 293 Å². The van der Waals surface area contributed by atoms with E-state index >= 15 is 0 Å². The molecule has 2 heterocycles. The van der Waals surface area contributed by atoms with Crippen molar-refractivity contribution in [1.82, 2.24) is 9.80 Å². The van der Waals surface area contributed by atoms with Crippen LogP contribution >= 0.6 is 0 Å². The van der Waals surface area contributed by atoms with Crippen molar-refractivity contribution in [3.05, 3.63) is 77.9 Å². The molecule has 50 heavy (non-hydrogen) atoms. The first kappa shape index (κ1) is 36.5. The lowest BCUT2D eigenvalue weighted by molar-refractivity contribution is -0.115. The summed E-state index contributed by atoms with van der Waals surface area (Å²) in [5, 5.41) is 16.1. The van der Waals surface area contributed by atoms with Gasteiger partial charge < -0.3 is 44.5 Å². The smallest absolute Gasteiger partial charge is 0.321 e. The number of ether oxygens (including phenoxy) is 4. The zero-order chi connectivity index (χ0) is 35.6. The number of aliphatic hydroxyl groups excluding tert-OH is 1. The number of carbonyl (C=O) groups excluding carboxylic acids is 3. The van der Waals surface area contributed by atoms with Gasteiger partial charge in [-0.15, -0.1) is 0 Å². The van der Waals surface area contributed by atoms with E-state index in [1.54, 1.807) is 60.2 Å². The number of hydrogen-bond acceptors (Lipinski definition) is 8. The quantitative estimate of drug-likeness (QED) is 0.280. The lowest BCUT2D eigenvalue weighted by Gasteiger charge is -2.35. The van der Waals surface area contributed by atoms with Crippen LogP contribution in [0.2, 0.25) is 0 Å². The Kier molecular flexibility index (Phi) is 12.6. The van der Waals surface area contributed by atoms with Gasteiger partial charge >= 0.3 is 6.03 Å². The predicted octanol–water partition coefficient (Wildman–Crippen LogP) is 5.56. The largest absolute Gasteiger partial charge is 0.490 e. The molecule has 0 saturated heterocycles. The number of aliphatic hydroxyl groups is 1. The number of carbonyl (C=O) groups is 3. The van der Waals surface area contributed by atoms with Crippen LogP contribution in [-0.2, 0) is 16.0 Å². The van der Waals surface area contributed by atoms with E-state index in [2.05, 4.69) is 10.6 Å². The van der Waals surface area contributed by atoms with Crippen LogP contribution < -0.4 is 24.8 Å². The standard InChI is InChI=1S/C38H48N4O8/c1-25-21-42(26(2)23-43)37(45)31-19-29(39-36(44)18-28-11-6-5-7-12-28)13-15-32(31)50-27(3)10-8-9-17-47-35(25)22-41(4)38(46)40-30-14-16-33-34(20-30)49-24-48-33/h5-7,11-16,19-20,25-27,35,43H,8-10,17-18,21-24H2,1-4H3,(H,39,44)(H,40,46)/t25-,26-,27+,35+/m0/s1. The Balaban J connectivity index is 1.35. The normalized spacial score (nSPS) is 20.1. The van der Waals surface area contributed by atoms with E-state index in [-0.39, 0.29) is 68.3 Å². The maximum Gasteiger partial charge on any atom is 0.321 e. The summed E-state index contributed by atoms with van der Waals surface area (Å²) in [6, 6.07) is 18.9. The highest BCUT2D eigenvalue weighted by molar-refractivity contribution is 6.00. The number of likely N-dealkylation sites (N-methyl/N-ethyl adjacent to an activating group) is 1. The minimum atomic E-state index is -0.535. The summed E-state index contributed by atoms with van der Waals surface area (Å²) < 4.78 is 23.5. The van der Waals surface area contributed by atoms with Gasteiger partial charge in [-0.1, -0.05) is 37.3 Å². The molecule has 0 radical (unpaired) electrons. The van der Waals surface area contributed by atoms with Crippen molar-refractivity contribution < 1.29 is 38.4 Å². The fraction of sp³-hybridized carbons (Fsp3) is 0.447. The lowest BCUT2D eigenvalue weighted by atomic mass is 10.0. The van der Waals surface area contributed by atoms with Gasteiger partial charge in [0.2, 0.25) is 12.7 Å². The van der Waals surface area contributed by atoms with Gasteiger partial charge in [-0.3, -0.25) is 9.59 Å². The molecule has 3 N–H and O–H groups in total. The Morgan fingerprint density at radius 2 is 1.68 bits per heavy atom. The number of hydrogen-bond donors (Lipinski definition) is 3. The Morgan fingerprint density at radius 1 is 0.960 bits per heavy atom. The summed E-state index contributed by atoms with van der Waals surface area (Å²) in [7, 11) is 1.70. The van der Waals surface area contributed by atoms with E-state index in [0.717, 1.165) is 24.8 Å². The fourth-order valence-electron chi connectivity index (χ4n) is 6.00. The molecular formula is C38H48N4O8. The van der Waals surface area contributed by atoms with Gasteiger partial charge in [0.15, 0.2) is 11.5 Å². The molecule has 2 aliphatic rings. The van der Waals surface area contributed by atoms with Gasteiger partial charge in [0.25, 0.3) is 5.91 Å². The van der Waals surface area contributed by atoms with Gasteiger partial charge in [-0.25, -0.2) is 4.79 Å². The average Bonchev–Trinajstić information content (AvgIpc) is 3.58. The van der Waals surface area contributed by atoms with Crippen molar-refractivity contribution in [3.8, 4) is 17.2 Å². The monoisotopic (exact) mass is 688 g/mol. The van der Waals surface area contributed by atoms with Crippen molar-refractivity contribution >= 4 is 29.2 Å². The SMILES string of the molecule is C[C@@H]1CCCCO[C@H](CN(C)C(=O)Nc2ccc3c(c2)OCO3)[C@@H](C)CN([C@@H](C)CO)C(=O)c2cc(NC(=O)Cc3ccccc3)ccc2O1. The third-order valence-corrected chi connectivity index (χ3v) is 8.97. The number of nitrogens with one attached hydrogen (secondary N) is 2. The summed E-state index contributed by atoms with van der Waals surface area (Å²) >= 11 is 0. The second-order valence-corrected chi connectivity index (χ2v) is 13.1. The molecule has 0 aliphatic carbocycles. The minimum Gasteiger partial charge on any atom is -0.490 e. The zero-order valence-corrected chi connectivity index (χ0v) is 29.2. The second kappa shape index (κ2) is 17.2. The van der Waals surface area contributed by atoms with Crippen LogP contribution in [0.3, 0.4) is 0 Å². The molecule has 3 aromatic carbocycles. The summed E-state index contributed by atoms with van der Waals surface area (Å²) in [5.41, 5.74) is 2.21. The molecule has 2 aliphatic heterocycles. The maximum atomic E-state index is 14.4. The molecule has 0 spiro atoms. The predicted molar refractivity (Wildman–Crippen MR) is 190 cm³/mol. The molecule has 0 unspecified atom stereocenters. The van der Waals surface area contributed by atoms with Gasteiger partial charge in [0, 0.05) is 50.1 Å². The zero-order valence-electron chi connectivity index (χ0n) is 29.2.